The zero-order valence-corrected chi connectivity index (χ0v) is 9.47. The Balaban J connectivity index is 2.28. The van der Waals surface area contributed by atoms with E-state index in [9.17, 15) is 4.39 Å². The fourth-order valence-corrected chi connectivity index (χ4v) is 2.52. The zero-order chi connectivity index (χ0) is 11.5. The van der Waals surface area contributed by atoms with Crippen molar-refractivity contribution in [1.29, 1.82) is 0 Å². The van der Waals surface area contributed by atoms with Gasteiger partial charge in [-0.2, -0.15) is 0 Å². The molecule has 1 saturated heterocycles. The normalized spacial score (nSPS) is 30.6. The summed E-state index contributed by atoms with van der Waals surface area (Å²) in [5, 5.41) is 3.35. The topological polar surface area (TPSA) is 21.3 Å². The largest absolute Gasteiger partial charge is 0.371 e. The molecular formula is C13H18FNO. The number of hydrogen-bond acceptors (Lipinski definition) is 2. The Morgan fingerprint density at radius 3 is 2.94 bits per heavy atom. The minimum Gasteiger partial charge on any atom is -0.371 e. The van der Waals surface area contributed by atoms with E-state index < -0.39 is 0 Å². The molecule has 2 aliphatic rings. The van der Waals surface area contributed by atoms with Crippen LogP contribution in [0.15, 0.2) is 36.2 Å². The van der Waals surface area contributed by atoms with Gasteiger partial charge in [-0.15, -0.1) is 0 Å². The summed E-state index contributed by atoms with van der Waals surface area (Å²) in [7, 11) is 0. The molecular weight excluding hydrogens is 205 g/mol. The summed E-state index contributed by atoms with van der Waals surface area (Å²) in [6.45, 7) is 8.78. The Morgan fingerprint density at radius 1 is 1.56 bits per heavy atom. The van der Waals surface area contributed by atoms with Gasteiger partial charge in [-0.3, -0.25) is 0 Å². The van der Waals surface area contributed by atoms with Crippen LogP contribution in [-0.2, 0) is 4.74 Å². The standard InChI is InChI=1S/C13H18FNO/c1-3-10-6-8-16-13(12(10)9(2)14)11-5-4-7-15-11/h3,11,13,15H,1-2,4-8H2. The van der Waals surface area contributed by atoms with Crippen molar-refractivity contribution in [2.45, 2.75) is 31.4 Å². The number of allylic oxidation sites excluding steroid dienone is 1. The molecule has 2 rings (SSSR count). The zero-order valence-electron chi connectivity index (χ0n) is 9.47. The quantitative estimate of drug-likeness (QED) is 0.793. The van der Waals surface area contributed by atoms with Crippen LogP contribution in [0.1, 0.15) is 19.3 Å². The molecule has 2 heterocycles. The fraction of sp³-hybridized carbons (Fsp3) is 0.538. The molecule has 2 unspecified atom stereocenters. The Hall–Kier alpha value is -0.930. The van der Waals surface area contributed by atoms with Gasteiger partial charge in [0.25, 0.3) is 0 Å². The van der Waals surface area contributed by atoms with Crippen LogP contribution >= 0.6 is 0 Å². The molecule has 1 N–H and O–H groups in total. The van der Waals surface area contributed by atoms with Crippen LogP contribution in [0.25, 0.3) is 0 Å². The average molecular weight is 223 g/mol. The first kappa shape index (κ1) is 11.6. The number of nitrogens with one attached hydrogen (secondary N) is 1. The van der Waals surface area contributed by atoms with Crippen molar-refractivity contribution in [3.63, 3.8) is 0 Å². The van der Waals surface area contributed by atoms with Crippen LogP contribution in [0.5, 0.6) is 0 Å². The van der Waals surface area contributed by atoms with Crippen molar-refractivity contribution in [2.75, 3.05) is 13.2 Å². The first-order chi connectivity index (χ1) is 7.74. The number of halogens is 1. The lowest BCUT2D eigenvalue weighted by Crippen LogP contribution is -2.40. The molecule has 3 heteroatoms. The van der Waals surface area contributed by atoms with Crippen LogP contribution in [0.4, 0.5) is 4.39 Å². The third-order valence-electron chi connectivity index (χ3n) is 3.30. The van der Waals surface area contributed by atoms with Gasteiger partial charge >= 0.3 is 0 Å². The Bertz CT molecular complexity index is 329. The van der Waals surface area contributed by atoms with Gasteiger partial charge in [0, 0.05) is 11.6 Å². The second-order valence-electron chi connectivity index (χ2n) is 4.29. The van der Waals surface area contributed by atoms with E-state index in [4.69, 9.17) is 4.74 Å². The summed E-state index contributed by atoms with van der Waals surface area (Å²) < 4.78 is 19.2. The third kappa shape index (κ3) is 2.11. The summed E-state index contributed by atoms with van der Waals surface area (Å²) in [6, 6.07) is 0.220. The van der Waals surface area contributed by atoms with Crippen molar-refractivity contribution in [1.82, 2.24) is 5.32 Å². The summed E-state index contributed by atoms with van der Waals surface area (Å²) >= 11 is 0. The number of rotatable bonds is 3. The molecule has 2 atom stereocenters. The predicted molar refractivity (Wildman–Crippen MR) is 62.9 cm³/mol. The van der Waals surface area contributed by atoms with Gasteiger partial charge < -0.3 is 10.1 Å². The van der Waals surface area contributed by atoms with E-state index in [1.807, 2.05) is 0 Å². The van der Waals surface area contributed by atoms with Crippen LogP contribution < -0.4 is 5.32 Å². The van der Waals surface area contributed by atoms with Crippen molar-refractivity contribution in [3.05, 3.63) is 36.2 Å². The van der Waals surface area contributed by atoms with Gasteiger partial charge in [-0.25, -0.2) is 4.39 Å². The molecule has 1 fully saturated rings. The molecule has 0 aliphatic carbocycles. The molecule has 88 valence electrons. The molecule has 2 nitrogen and oxygen atoms in total. The third-order valence-corrected chi connectivity index (χ3v) is 3.30. The first-order valence-electron chi connectivity index (χ1n) is 5.79. The van der Waals surface area contributed by atoms with Gasteiger partial charge in [0.1, 0.15) is 11.9 Å². The highest BCUT2D eigenvalue weighted by Gasteiger charge is 2.33. The Kier molecular flexibility index (Phi) is 3.56. The molecule has 16 heavy (non-hydrogen) atoms. The minimum absolute atomic E-state index is 0.193. The predicted octanol–water partition coefficient (Wildman–Crippen LogP) is 2.49. The summed E-state index contributed by atoms with van der Waals surface area (Å²) in [4.78, 5) is 0. The van der Waals surface area contributed by atoms with Gasteiger partial charge in [-0.1, -0.05) is 19.2 Å². The SMILES string of the molecule is C=CC1=C(C(=C)F)C(C2CCCN2)OCC1. The van der Waals surface area contributed by atoms with Crippen molar-refractivity contribution >= 4 is 0 Å². The van der Waals surface area contributed by atoms with E-state index in [0.29, 0.717) is 12.2 Å². The maximum Gasteiger partial charge on any atom is 0.122 e. The molecule has 0 aromatic rings. The van der Waals surface area contributed by atoms with E-state index in [1.165, 1.54) is 0 Å². The molecule has 0 aromatic carbocycles. The second-order valence-corrected chi connectivity index (χ2v) is 4.29. The van der Waals surface area contributed by atoms with E-state index in [2.05, 4.69) is 18.5 Å². The van der Waals surface area contributed by atoms with E-state index in [1.54, 1.807) is 6.08 Å². The van der Waals surface area contributed by atoms with Crippen LogP contribution in [0.2, 0.25) is 0 Å². The van der Waals surface area contributed by atoms with E-state index in [0.717, 1.165) is 31.4 Å². The number of ether oxygens (including phenoxy) is 1. The minimum atomic E-state index is -0.381. The highest BCUT2D eigenvalue weighted by molar-refractivity contribution is 5.40. The van der Waals surface area contributed by atoms with Gasteiger partial charge in [-0.05, 0) is 31.4 Å². The Labute approximate surface area is 95.9 Å². The van der Waals surface area contributed by atoms with Crippen molar-refractivity contribution < 1.29 is 9.13 Å². The van der Waals surface area contributed by atoms with Gasteiger partial charge in [0.05, 0.1) is 6.61 Å². The maximum absolute atomic E-state index is 13.5. The summed E-state index contributed by atoms with van der Waals surface area (Å²) in [5.74, 6) is -0.381. The molecule has 0 spiro atoms. The molecule has 0 saturated carbocycles. The molecule has 2 aliphatic heterocycles. The molecule has 0 aromatic heterocycles. The first-order valence-corrected chi connectivity index (χ1v) is 5.79. The fourth-order valence-electron chi connectivity index (χ4n) is 2.52. The summed E-state index contributed by atoms with van der Waals surface area (Å²) in [6.07, 6.45) is 4.42. The van der Waals surface area contributed by atoms with Gasteiger partial charge in [0.2, 0.25) is 0 Å². The lowest BCUT2D eigenvalue weighted by molar-refractivity contribution is 0.0463. The molecule has 0 radical (unpaired) electrons. The number of hydrogen-bond donors (Lipinski definition) is 1. The van der Waals surface area contributed by atoms with Crippen LogP contribution in [-0.4, -0.2) is 25.3 Å². The lowest BCUT2D eigenvalue weighted by atomic mass is 9.92. The Morgan fingerprint density at radius 2 is 2.38 bits per heavy atom. The van der Waals surface area contributed by atoms with E-state index in [-0.39, 0.29) is 18.0 Å². The lowest BCUT2D eigenvalue weighted by Gasteiger charge is -2.31. The molecule has 0 bridgehead atoms. The molecule has 0 amide bonds. The second kappa shape index (κ2) is 4.93. The van der Waals surface area contributed by atoms with Crippen LogP contribution in [0.3, 0.4) is 0 Å². The van der Waals surface area contributed by atoms with Crippen molar-refractivity contribution in [3.8, 4) is 0 Å². The smallest absolute Gasteiger partial charge is 0.122 e. The van der Waals surface area contributed by atoms with Crippen molar-refractivity contribution in [2.24, 2.45) is 0 Å². The van der Waals surface area contributed by atoms with E-state index >= 15 is 0 Å². The van der Waals surface area contributed by atoms with Crippen LogP contribution in [0, 0.1) is 0 Å². The monoisotopic (exact) mass is 223 g/mol. The average Bonchev–Trinajstić information content (AvgIpc) is 2.81. The van der Waals surface area contributed by atoms with Gasteiger partial charge in [0.15, 0.2) is 0 Å². The highest BCUT2D eigenvalue weighted by atomic mass is 19.1. The highest BCUT2D eigenvalue weighted by Crippen LogP contribution is 2.32. The summed E-state index contributed by atoms with van der Waals surface area (Å²) in [5.41, 5.74) is 1.55. The maximum atomic E-state index is 13.5.